The molecule has 2 heterocycles. The average molecular weight is 455 g/mol. The normalized spacial score (nSPS) is 20.2. The number of rotatable bonds is 7. The van der Waals surface area contributed by atoms with Gasteiger partial charge in [-0.25, -0.2) is 8.42 Å². The predicted molar refractivity (Wildman–Crippen MR) is 117 cm³/mol. The van der Waals surface area contributed by atoms with Gasteiger partial charge in [-0.2, -0.15) is 0 Å². The molecule has 1 aromatic carbocycles. The maximum absolute atomic E-state index is 12.5. The number of fused-ring (bicyclic) bond motifs is 1. The molecule has 0 radical (unpaired) electrons. The Balaban J connectivity index is 1.32. The molecule has 9 nitrogen and oxygen atoms in total. The molecule has 166 valence electrons. The molecule has 0 bridgehead atoms. The summed E-state index contributed by atoms with van der Waals surface area (Å²) >= 11 is 0. The second-order valence-electron chi connectivity index (χ2n) is 7.65. The summed E-state index contributed by atoms with van der Waals surface area (Å²) in [6.07, 6.45) is 7.85. The van der Waals surface area contributed by atoms with Crippen LogP contribution in [0, 0.1) is 11.8 Å². The molecule has 0 unspecified atom stereocenters. The number of sulfonamides is 1. The number of carbonyl (C=O) groups excluding carboxylic acids is 3. The zero-order chi connectivity index (χ0) is 22.7. The van der Waals surface area contributed by atoms with Gasteiger partial charge in [-0.15, -0.1) is 0 Å². The van der Waals surface area contributed by atoms with E-state index in [4.69, 9.17) is 0 Å². The van der Waals surface area contributed by atoms with Crippen molar-refractivity contribution in [3.63, 3.8) is 0 Å². The topological polar surface area (TPSA) is 126 Å². The predicted octanol–water partition coefficient (Wildman–Crippen LogP) is 2.16. The average Bonchev–Trinajstić information content (AvgIpc) is 3.03. The van der Waals surface area contributed by atoms with E-state index in [-0.39, 0.29) is 47.4 Å². The van der Waals surface area contributed by atoms with Gasteiger partial charge in [0.05, 0.1) is 28.6 Å². The number of hydrogen-bond donors (Lipinski definition) is 2. The number of hydrogen-bond acceptors (Lipinski definition) is 6. The molecular weight excluding hydrogens is 432 g/mol. The van der Waals surface area contributed by atoms with Gasteiger partial charge in [0.2, 0.25) is 17.7 Å². The first-order chi connectivity index (χ1) is 15.3. The zero-order valence-corrected chi connectivity index (χ0v) is 17.9. The number of benzene rings is 1. The van der Waals surface area contributed by atoms with Gasteiger partial charge in [-0.1, -0.05) is 12.2 Å². The molecule has 10 heteroatoms. The van der Waals surface area contributed by atoms with Gasteiger partial charge < -0.3 is 5.32 Å². The minimum atomic E-state index is -3.79. The summed E-state index contributed by atoms with van der Waals surface area (Å²) in [5, 5.41) is 2.66. The van der Waals surface area contributed by atoms with Crippen LogP contribution < -0.4 is 10.0 Å². The minimum Gasteiger partial charge on any atom is -0.326 e. The van der Waals surface area contributed by atoms with Crippen LogP contribution in [0.4, 0.5) is 11.4 Å². The van der Waals surface area contributed by atoms with Crippen LogP contribution in [-0.2, 0) is 24.4 Å². The molecule has 2 aromatic rings. The second-order valence-corrected chi connectivity index (χ2v) is 9.34. The highest BCUT2D eigenvalue weighted by atomic mass is 32.2. The molecule has 2 N–H and O–H groups in total. The summed E-state index contributed by atoms with van der Waals surface area (Å²) in [5.41, 5.74) is 0.749. The molecule has 3 amide bonds. The molecular formula is C22H22N4O5S. The first-order valence-corrected chi connectivity index (χ1v) is 11.7. The lowest BCUT2D eigenvalue weighted by molar-refractivity contribution is -0.140. The van der Waals surface area contributed by atoms with Crippen molar-refractivity contribution >= 4 is 39.1 Å². The Bertz CT molecular complexity index is 1140. The number of carbonyl (C=O) groups is 3. The highest BCUT2D eigenvalue weighted by Gasteiger charge is 2.46. The lowest BCUT2D eigenvalue weighted by Crippen LogP contribution is -2.34. The van der Waals surface area contributed by atoms with E-state index in [2.05, 4.69) is 15.0 Å². The van der Waals surface area contributed by atoms with E-state index in [1.54, 1.807) is 12.1 Å². The van der Waals surface area contributed by atoms with Crippen LogP contribution in [0.2, 0.25) is 0 Å². The Morgan fingerprint density at radius 3 is 2.25 bits per heavy atom. The van der Waals surface area contributed by atoms with E-state index in [1.807, 2.05) is 12.2 Å². The number of imide groups is 1. The molecule has 1 aliphatic carbocycles. The number of likely N-dealkylation sites (tertiary alicyclic amines) is 1. The fraction of sp³-hybridized carbons (Fsp3) is 0.273. The van der Waals surface area contributed by atoms with Crippen LogP contribution >= 0.6 is 0 Å². The molecule has 1 aliphatic heterocycles. The van der Waals surface area contributed by atoms with Gasteiger partial charge in [-0.05, 0) is 49.2 Å². The summed E-state index contributed by atoms with van der Waals surface area (Å²) in [6, 6.07) is 8.90. The number of anilines is 2. The Labute approximate surface area is 185 Å². The van der Waals surface area contributed by atoms with E-state index >= 15 is 0 Å². The summed E-state index contributed by atoms with van der Waals surface area (Å²) in [7, 11) is -3.79. The molecule has 1 fully saturated rings. The summed E-state index contributed by atoms with van der Waals surface area (Å²) in [6.45, 7) is 0.0258. The van der Waals surface area contributed by atoms with Crippen LogP contribution in [0.25, 0.3) is 0 Å². The van der Waals surface area contributed by atoms with Gasteiger partial charge in [-0.3, -0.25) is 29.0 Å². The van der Waals surface area contributed by atoms with Crippen molar-refractivity contribution in [2.24, 2.45) is 11.8 Å². The largest absolute Gasteiger partial charge is 0.326 e. The Morgan fingerprint density at radius 1 is 1.00 bits per heavy atom. The highest BCUT2D eigenvalue weighted by Crippen LogP contribution is 2.35. The van der Waals surface area contributed by atoms with E-state index < -0.39 is 10.0 Å². The van der Waals surface area contributed by atoms with Crippen LogP contribution in [0.3, 0.4) is 0 Å². The summed E-state index contributed by atoms with van der Waals surface area (Å²) < 4.78 is 27.3. The third-order valence-corrected chi connectivity index (χ3v) is 6.92. The summed E-state index contributed by atoms with van der Waals surface area (Å²) in [5.74, 6) is -1.43. The third-order valence-electron chi connectivity index (χ3n) is 5.52. The Morgan fingerprint density at radius 2 is 1.66 bits per heavy atom. The number of aromatic nitrogens is 1. The molecule has 0 spiro atoms. The molecule has 0 saturated carbocycles. The second kappa shape index (κ2) is 8.91. The van der Waals surface area contributed by atoms with Crippen molar-refractivity contribution in [2.75, 3.05) is 16.6 Å². The fourth-order valence-corrected chi connectivity index (χ4v) is 4.92. The van der Waals surface area contributed by atoms with Crippen molar-refractivity contribution < 1.29 is 22.8 Å². The van der Waals surface area contributed by atoms with Crippen molar-refractivity contribution in [3.05, 3.63) is 60.9 Å². The molecule has 2 aliphatic rings. The lowest BCUT2D eigenvalue weighted by Gasteiger charge is -2.14. The van der Waals surface area contributed by atoms with Crippen molar-refractivity contribution in [3.8, 4) is 0 Å². The minimum absolute atomic E-state index is 0.0258. The van der Waals surface area contributed by atoms with E-state index in [0.29, 0.717) is 24.2 Å². The van der Waals surface area contributed by atoms with Crippen molar-refractivity contribution in [1.82, 2.24) is 9.88 Å². The van der Waals surface area contributed by atoms with Crippen LogP contribution in [0.15, 0.2) is 65.8 Å². The third kappa shape index (κ3) is 4.54. The molecule has 2 atom stereocenters. The van der Waals surface area contributed by atoms with Gasteiger partial charge in [0.15, 0.2) is 0 Å². The number of amides is 3. The van der Waals surface area contributed by atoms with Crippen LogP contribution in [0.5, 0.6) is 0 Å². The zero-order valence-electron chi connectivity index (χ0n) is 17.1. The summed E-state index contributed by atoms with van der Waals surface area (Å²) in [4.78, 5) is 42.3. The van der Waals surface area contributed by atoms with Gasteiger partial charge in [0.1, 0.15) is 0 Å². The van der Waals surface area contributed by atoms with Gasteiger partial charge >= 0.3 is 0 Å². The quantitative estimate of drug-likeness (QED) is 0.488. The van der Waals surface area contributed by atoms with Crippen molar-refractivity contribution in [1.29, 1.82) is 0 Å². The number of nitrogens with one attached hydrogen (secondary N) is 2. The lowest BCUT2D eigenvalue weighted by atomic mass is 9.85. The molecule has 32 heavy (non-hydrogen) atoms. The monoisotopic (exact) mass is 454 g/mol. The Kier molecular flexibility index (Phi) is 6.04. The van der Waals surface area contributed by atoms with Crippen LogP contribution in [-0.4, -0.2) is 42.6 Å². The molecule has 1 aromatic heterocycles. The molecule has 4 rings (SSSR count). The fourth-order valence-electron chi connectivity index (χ4n) is 3.88. The van der Waals surface area contributed by atoms with E-state index in [1.165, 1.54) is 41.6 Å². The van der Waals surface area contributed by atoms with E-state index in [9.17, 15) is 22.8 Å². The number of allylic oxidation sites excluding steroid dienone is 2. The number of nitrogens with zero attached hydrogens (tertiary/aromatic N) is 2. The molecule has 1 saturated heterocycles. The number of pyridine rings is 1. The van der Waals surface area contributed by atoms with Crippen molar-refractivity contribution in [2.45, 2.75) is 24.2 Å². The smallest absolute Gasteiger partial charge is 0.261 e. The SMILES string of the molecule is O=C(CCN1C(=O)[C@H]2CC=CC[C@H]2C1=O)Nc1ccc(S(=O)(=O)Nc2cccnc2)cc1. The van der Waals surface area contributed by atoms with Crippen LogP contribution in [0.1, 0.15) is 19.3 Å². The first kappa shape index (κ1) is 21.7. The standard InChI is InChI=1S/C22H22N4O5S/c27-20(11-13-26-21(28)18-5-1-2-6-19(18)22(26)29)24-15-7-9-17(10-8-15)32(30,31)25-16-4-3-12-23-14-16/h1-4,7-10,12,14,18-19,25H,5-6,11,13H2,(H,24,27)/t18-,19+. The van der Waals surface area contributed by atoms with E-state index in [0.717, 1.165) is 0 Å². The Hall–Kier alpha value is -3.53. The van der Waals surface area contributed by atoms with Gasteiger partial charge in [0, 0.05) is 24.8 Å². The highest BCUT2D eigenvalue weighted by molar-refractivity contribution is 7.92. The maximum Gasteiger partial charge on any atom is 0.261 e. The van der Waals surface area contributed by atoms with Gasteiger partial charge in [0.25, 0.3) is 10.0 Å². The maximum atomic E-state index is 12.5. The first-order valence-electron chi connectivity index (χ1n) is 10.2.